The molecule has 1 unspecified atom stereocenters. The number of carbonyl (C=O) groups excluding carboxylic acids is 1. The molecule has 116 valence electrons. The van der Waals surface area contributed by atoms with Gasteiger partial charge in [-0.25, -0.2) is 0 Å². The summed E-state index contributed by atoms with van der Waals surface area (Å²) < 4.78 is 1.50. The van der Waals surface area contributed by atoms with Crippen LogP contribution in [0.4, 0.5) is 5.82 Å². The summed E-state index contributed by atoms with van der Waals surface area (Å²) in [4.78, 5) is 15.6. The molecule has 2 aromatic heterocycles. The van der Waals surface area contributed by atoms with E-state index in [9.17, 15) is 4.79 Å². The lowest BCUT2D eigenvalue weighted by atomic mass is 9.88. The zero-order chi connectivity index (χ0) is 15.3. The van der Waals surface area contributed by atoms with Crippen molar-refractivity contribution < 1.29 is 4.79 Å². The molecular weight excluding hydrogens is 294 g/mol. The predicted molar refractivity (Wildman–Crippen MR) is 88.6 cm³/mol. The van der Waals surface area contributed by atoms with Crippen molar-refractivity contribution >= 4 is 23.1 Å². The molecule has 0 aliphatic heterocycles. The van der Waals surface area contributed by atoms with Gasteiger partial charge in [0.05, 0.1) is 11.6 Å². The molecule has 0 saturated heterocycles. The van der Waals surface area contributed by atoms with Gasteiger partial charge in [0.25, 0.3) is 5.91 Å². The standard InChI is InChI=1S/C17H21N3OS/c1-10-9-11-5-4-7-13(15(11)22-10)17(21)20-16(18)12-6-2-3-8-14(12)19-20/h9,13H,2-8,18H2,1H3. The van der Waals surface area contributed by atoms with Gasteiger partial charge in [0.2, 0.25) is 0 Å². The summed E-state index contributed by atoms with van der Waals surface area (Å²) >= 11 is 1.76. The van der Waals surface area contributed by atoms with Crippen LogP contribution >= 0.6 is 11.3 Å². The molecule has 5 heteroatoms. The lowest BCUT2D eigenvalue weighted by Crippen LogP contribution is -2.25. The summed E-state index contributed by atoms with van der Waals surface area (Å²) in [5, 5.41) is 4.55. The van der Waals surface area contributed by atoms with Crippen molar-refractivity contribution in [2.45, 2.75) is 57.8 Å². The molecule has 0 saturated carbocycles. The minimum absolute atomic E-state index is 0.0638. The van der Waals surface area contributed by atoms with Crippen LogP contribution in [0, 0.1) is 6.92 Å². The minimum atomic E-state index is -0.0638. The Kier molecular flexibility index (Phi) is 3.33. The number of hydrogen-bond acceptors (Lipinski definition) is 4. The molecule has 0 spiro atoms. The zero-order valence-corrected chi connectivity index (χ0v) is 13.7. The van der Waals surface area contributed by atoms with Crippen LogP contribution in [0.3, 0.4) is 0 Å². The van der Waals surface area contributed by atoms with E-state index in [0.717, 1.165) is 56.2 Å². The molecule has 0 bridgehead atoms. The third-order valence-corrected chi connectivity index (χ3v) is 6.13. The van der Waals surface area contributed by atoms with Gasteiger partial charge in [-0.15, -0.1) is 11.3 Å². The van der Waals surface area contributed by atoms with E-state index in [0.29, 0.717) is 5.82 Å². The fourth-order valence-corrected chi connectivity index (χ4v) is 5.03. The second kappa shape index (κ2) is 5.23. The van der Waals surface area contributed by atoms with E-state index < -0.39 is 0 Å². The lowest BCUT2D eigenvalue weighted by molar-refractivity contribution is 0.0856. The second-order valence-corrected chi connectivity index (χ2v) is 7.75. The Bertz CT molecular complexity index is 743. The SMILES string of the molecule is Cc1cc2c(s1)C(C(=O)n1nc3c(c1N)CCCC3)CCC2. The Morgan fingerprint density at radius 1 is 1.32 bits per heavy atom. The van der Waals surface area contributed by atoms with Crippen LogP contribution in [0.5, 0.6) is 0 Å². The first-order valence-corrected chi connectivity index (χ1v) is 8.96. The molecule has 2 N–H and O–H groups in total. The summed E-state index contributed by atoms with van der Waals surface area (Å²) in [6.45, 7) is 2.12. The normalized spacial score (nSPS) is 20.5. The number of fused-ring (bicyclic) bond motifs is 2. The van der Waals surface area contributed by atoms with Gasteiger partial charge in [0, 0.05) is 15.3 Å². The number of hydrogen-bond donors (Lipinski definition) is 1. The first-order valence-electron chi connectivity index (χ1n) is 8.15. The maximum atomic E-state index is 13.0. The van der Waals surface area contributed by atoms with Crippen molar-refractivity contribution in [2.24, 2.45) is 0 Å². The number of carbonyl (C=O) groups is 1. The van der Waals surface area contributed by atoms with Crippen molar-refractivity contribution in [1.29, 1.82) is 0 Å². The monoisotopic (exact) mass is 315 g/mol. The van der Waals surface area contributed by atoms with Crippen molar-refractivity contribution in [1.82, 2.24) is 9.78 Å². The van der Waals surface area contributed by atoms with E-state index in [2.05, 4.69) is 18.1 Å². The zero-order valence-electron chi connectivity index (χ0n) is 12.9. The summed E-state index contributed by atoms with van der Waals surface area (Å²) in [6.07, 6.45) is 7.28. The topological polar surface area (TPSA) is 60.9 Å². The first kappa shape index (κ1) is 14.0. The Morgan fingerprint density at radius 3 is 2.95 bits per heavy atom. The van der Waals surface area contributed by atoms with Gasteiger partial charge in [0.15, 0.2) is 0 Å². The third-order valence-electron chi connectivity index (χ3n) is 4.92. The van der Waals surface area contributed by atoms with Gasteiger partial charge in [-0.1, -0.05) is 0 Å². The minimum Gasteiger partial charge on any atom is -0.383 e. The number of anilines is 1. The highest BCUT2D eigenvalue weighted by Gasteiger charge is 2.32. The van der Waals surface area contributed by atoms with Crippen LogP contribution in [-0.4, -0.2) is 15.7 Å². The number of rotatable bonds is 1. The largest absolute Gasteiger partial charge is 0.383 e. The summed E-state index contributed by atoms with van der Waals surface area (Å²) in [5.74, 6) is 0.584. The van der Waals surface area contributed by atoms with Crippen molar-refractivity contribution in [2.75, 3.05) is 5.73 Å². The highest BCUT2D eigenvalue weighted by molar-refractivity contribution is 7.12. The molecule has 2 aliphatic rings. The lowest BCUT2D eigenvalue weighted by Gasteiger charge is -2.21. The average molecular weight is 315 g/mol. The van der Waals surface area contributed by atoms with E-state index >= 15 is 0 Å². The molecule has 4 rings (SSSR count). The summed E-state index contributed by atoms with van der Waals surface area (Å²) in [5.41, 5.74) is 9.74. The molecule has 0 amide bonds. The molecule has 0 fully saturated rings. The summed E-state index contributed by atoms with van der Waals surface area (Å²) in [6, 6.07) is 2.23. The highest BCUT2D eigenvalue weighted by atomic mass is 32.1. The Labute approximate surface area is 134 Å². The summed E-state index contributed by atoms with van der Waals surface area (Å²) in [7, 11) is 0. The molecule has 2 aromatic rings. The van der Waals surface area contributed by atoms with Crippen LogP contribution in [0.25, 0.3) is 0 Å². The van der Waals surface area contributed by atoms with Crippen LogP contribution in [0.15, 0.2) is 6.07 Å². The van der Waals surface area contributed by atoms with E-state index in [1.54, 1.807) is 11.3 Å². The number of aryl methyl sites for hydroxylation is 3. The second-order valence-electron chi connectivity index (χ2n) is 6.46. The Hall–Kier alpha value is -1.62. The third kappa shape index (κ3) is 2.10. The van der Waals surface area contributed by atoms with E-state index in [4.69, 9.17) is 5.73 Å². The van der Waals surface area contributed by atoms with Crippen molar-refractivity contribution in [3.63, 3.8) is 0 Å². The maximum absolute atomic E-state index is 13.0. The van der Waals surface area contributed by atoms with Crippen LogP contribution < -0.4 is 5.73 Å². The van der Waals surface area contributed by atoms with Crippen molar-refractivity contribution in [3.8, 4) is 0 Å². The van der Waals surface area contributed by atoms with Gasteiger partial charge in [-0.05, 0) is 63.5 Å². The number of nitrogen functional groups attached to an aromatic ring is 1. The van der Waals surface area contributed by atoms with E-state index in [1.807, 2.05) is 0 Å². The maximum Gasteiger partial charge on any atom is 0.257 e. The highest BCUT2D eigenvalue weighted by Crippen LogP contribution is 2.39. The molecule has 2 heterocycles. The number of nitrogens with zero attached hydrogens (tertiary/aromatic N) is 2. The number of thiophene rings is 1. The predicted octanol–water partition coefficient (Wildman–Crippen LogP) is 3.47. The number of aromatic nitrogens is 2. The van der Waals surface area contributed by atoms with E-state index in [-0.39, 0.29) is 11.8 Å². The van der Waals surface area contributed by atoms with Gasteiger partial charge in [-0.3, -0.25) is 4.79 Å². The van der Waals surface area contributed by atoms with E-state index in [1.165, 1.54) is 20.0 Å². The van der Waals surface area contributed by atoms with Crippen LogP contribution in [0.2, 0.25) is 0 Å². The molecule has 22 heavy (non-hydrogen) atoms. The Morgan fingerprint density at radius 2 is 2.14 bits per heavy atom. The fourth-order valence-electron chi connectivity index (χ4n) is 3.83. The Balaban J connectivity index is 1.72. The number of nitrogens with two attached hydrogens (primary N) is 1. The molecular formula is C17H21N3OS. The van der Waals surface area contributed by atoms with Crippen LogP contribution in [-0.2, 0) is 19.3 Å². The average Bonchev–Trinajstić information content (AvgIpc) is 3.06. The molecule has 1 atom stereocenters. The smallest absolute Gasteiger partial charge is 0.257 e. The van der Waals surface area contributed by atoms with Gasteiger partial charge >= 0.3 is 0 Å². The van der Waals surface area contributed by atoms with Gasteiger partial charge in [-0.2, -0.15) is 9.78 Å². The quantitative estimate of drug-likeness (QED) is 0.876. The van der Waals surface area contributed by atoms with Gasteiger partial charge in [0.1, 0.15) is 5.82 Å². The molecule has 4 nitrogen and oxygen atoms in total. The van der Waals surface area contributed by atoms with Crippen LogP contribution in [0.1, 0.15) is 63.0 Å². The fraction of sp³-hybridized carbons (Fsp3) is 0.529. The molecule has 0 radical (unpaired) electrons. The first-order chi connectivity index (χ1) is 10.6. The van der Waals surface area contributed by atoms with Crippen molar-refractivity contribution in [3.05, 3.63) is 32.6 Å². The molecule has 0 aromatic carbocycles. The van der Waals surface area contributed by atoms with Gasteiger partial charge < -0.3 is 5.73 Å². The molecule has 2 aliphatic carbocycles.